The first kappa shape index (κ1) is 14.8. The molecule has 0 saturated heterocycles. The minimum Gasteiger partial charge on any atom is -0.312 e. The van der Waals surface area contributed by atoms with Crippen LogP contribution in [0.4, 0.5) is 0 Å². The first-order valence-electron chi connectivity index (χ1n) is 6.53. The number of aromatic nitrogens is 3. The van der Waals surface area contributed by atoms with E-state index in [9.17, 15) is 4.79 Å². The number of aryl methyl sites for hydroxylation is 4. The van der Waals surface area contributed by atoms with Crippen LogP contribution in [-0.4, -0.2) is 25.8 Å². The van der Waals surface area contributed by atoms with Crippen LogP contribution in [-0.2, 0) is 7.05 Å². The van der Waals surface area contributed by atoms with Gasteiger partial charge in [-0.1, -0.05) is 17.8 Å². The zero-order chi connectivity index (χ0) is 14.9. The van der Waals surface area contributed by atoms with Gasteiger partial charge in [-0.2, -0.15) is 0 Å². The van der Waals surface area contributed by atoms with E-state index in [1.165, 1.54) is 17.3 Å². The fraction of sp³-hybridized carbons (Fsp3) is 0.400. The maximum absolute atomic E-state index is 12.6. The van der Waals surface area contributed by atoms with E-state index in [1.807, 2.05) is 38.5 Å². The molecule has 0 spiro atoms. The molecule has 20 heavy (non-hydrogen) atoms. The van der Waals surface area contributed by atoms with Crippen molar-refractivity contribution in [2.45, 2.75) is 38.1 Å². The largest absolute Gasteiger partial charge is 0.312 e. The van der Waals surface area contributed by atoms with Gasteiger partial charge in [0.25, 0.3) is 0 Å². The van der Waals surface area contributed by atoms with Crippen LogP contribution < -0.4 is 0 Å². The number of ketones is 1. The molecule has 4 nitrogen and oxygen atoms in total. The fourth-order valence-electron chi connectivity index (χ4n) is 2.04. The van der Waals surface area contributed by atoms with E-state index in [4.69, 9.17) is 0 Å². The molecule has 0 saturated carbocycles. The van der Waals surface area contributed by atoms with Gasteiger partial charge >= 0.3 is 0 Å². The highest BCUT2D eigenvalue weighted by atomic mass is 32.2. The summed E-state index contributed by atoms with van der Waals surface area (Å²) in [5.74, 6) is 0.138. The molecule has 2 aromatic rings. The highest BCUT2D eigenvalue weighted by Crippen LogP contribution is 2.25. The molecule has 0 aliphatic rings. The summed E-state index contributed by atoms with van der Waals surface area (Å²) in [7, 11) is 1.88. The number of Topliss-reactive ketones (excluding diaryl/α,β-unsaturated/α-hetero) is 1. The van der Waals surface area contributed by atoms with Crippen molar-refractivity contribution in [3.63, 3.8) is 0 Å². The Bertz CT molecular complexity index is 649. The van der Waals surface area contributed by atoms with Crippen molar-refractivity contribution in [2.75, 3.05) is 0 Å². The molecular weight excluding hydrogens is 270 g/mol. The average Bonchev–Trinajstić information content (AvgIpc) is 2.78. The lowest BCUT2D eigenvalue weighted by atomic mass is 9.97. The average molecular weight is 289 g/mol. The normalized spacial score (nSPS) is 12.4. The van der Waals surface area contributed by atoms with Gasteiger partial charge in [-0.05, 0) is 50.5 Å². The monoisotopic (exact) mass is 289 g/mol. The molecule has 1 aromatic carbocycles. The Kier molecular flexibility index (Phi) is 4.28. The minimum absolute atomic E-state index is 0.138. The van der Waals surface area contributed by atoms with Crippen molar-refractivity contribution < 1.29 is 4.79 Å². The number of hydrogen-bond donors (Lipinski definition) is 0. The molecule has 5 heteroatoms. The van der Waals surface area contributed by atoms with Crippen LogP contribution in [0, 0.1) is 20.8 Å². The van der Waals surface area contributed by atoms with Crippen LogP contribution in [0.5, 0.6) is 0 Å². The molecule has 0 aliphatic carbocycles. The number of nitrogens with zero attached hydrogens (tertiary/aromatic N) is 3. The van der Waals surface area contributed by atoms with Crippen molar-refractivity contribution >= 4 is 17.5 Å². The number of benzene rings is 1. The van der Waals surface area contributed by atoms with Crippen LogP contribution in [0.15, 0.2) is 23.6 Å². The van der Waals surface area contributed by atoms with E-state index >= 15 is 0 Å². The van der Waals surface area contributed by atoms with Crippen molar-refractivity contribution in [3.05, 3.63) is 40.7 Å². The summed E-state index contributed by atoms with van der Waals surface area (Å²) in [6.45, 7) is 8.00. The number of carbonyl (C=O) groups is 1. The Morgan fingerprint density at radius 2 is 1.85 bits per heavy atom. The molecule has 1 heterocycles. The van der Waals surface area contributed by atoms with E-state index in [2.05, 4.69) is 23.2 Å². The Balaban J connectivity index is 2.23. The number of hydrogen-bond acceptors (Lipinski definition) is 4. The topological polar surface area (TPSA) is 47.8 Å². The van der Waals surface area contributed by atoms with Crippen LogP contribution in [0.3, 0.4) is 0 Å². The minimum atomic E-state index is -0.182. The van der Waals surface area contributed by atoms with E-state index in [0.717, 1.165) is 21.8 Å². The number of thioether (sulfide) groups is 1. The third-order valence-electron chi connectivity index (χ3n) is 3.43. The molecule has 0 aliphatic heterocycles. The lowest BCUT2D eigenvalue weighted by Crippen LogP contribution is -2.16. The molecule has 2 rings (SSSR count). The molecule has 106 valence electrons. The SMILES string of the molecule is Cc1cc(C)c(C(=O)C(C)Sc2nncn2C)cc1C. The maximum atomic E-state index is 12.6. The molecule has 1 aromatic heterocycles. The summed E-state index contributed by atoms with van der Waals surface area (Å²) in [5, 5.41) is 8.42. The zero-order valence-corrected chi connectivity index (χ0v) is 13.3. The molecule has 1 atom stereocenters. The maximum Gasteiger partial charge on any atom is 0.191 e. The first-order valence-corrected chi connectivity index (χ1v) is 7.41. The summed E-state index contributed by atoms with van der Waals surface area (Å²) in [6, 6.07) is 4.06. The highest BCUT2D eigenvalue weighted by molar-refractivity contribution is 8.00. The fourth-order valence-corrected chi connectivity index (χ4v) is 2.89. The third-order valence-corrected chi connectivity index (χ3v) is 4.58. The van der Waals surface area contributed by atoms with Gasteiger partial charge in [0.1, 0.15) is 6.33 Å². The molecule has 1 unspecified atom stereocenters. The second-order valence-electron chi connectivity index (χ2n) is 5.10. The van der Waals surface area contributed by atoms with E-state index in [-0.39, 0.29) is 11.0 Å². The van der Waals surface area contributed by atoms with Gasteiger partial charge in [0.15, 0.2) is 10.9 Å². The standard InChI is InChI=1S/C15H19N3OS/c1-9-6-11(3)13(7-10(9)2)14(19)12(4)20-15-17-16-8-18(15)5/h6-8,12H,1-5H3. The Morgan fingerprint density at radius 3 is 2.45 bits per heavy atom. The van der Waals surface area contributed by atoms with Gasteiger partial charge in [0, 0.05) is 12.6 Å². The molecule has 0 radical (unpaired) electrons. The molecule has 0 fully saturated rings. The smallest absolute Gasteiger partial charge is 0.191 e. The summed E-state index contributed by atoms with van der Waals surface area (Å²) >= 11 is 1.44. The molecular formula is C15H19N3OS. The lowest BCUT2D eigenvalue weighted by Gasteiger charge is -2.13. The summed E-state index contributed by atoms with van der Waals surface area (Å²) in [6.07, 6.45) is 1.64. The highest BCUT2D eigenvalue weighted by Gasteiger charge is 2.20. The van der Waals surface area contributed by atoms with E-state index in [1.54, 1.807) is 6.33 Å². The third kappa shape index (κ3) is 2.93. The van der Waals surface area contributed by atoms with E-state index < -0.39 is 0 Å². The van der Waals surface area contributed by atoms with Gasteiger partial charge in [-0.3, -0.25) is 4.79 Å². The van der Waals surface area contributed by atoms with Gasteiger partial charge < -0.3 is 4.57 Å². The van der Waals surface area contributed by atoms with Gasteiger partial charge in [-0.15, -0.1) is 10.2 Å². The lowest BCUT2D eigenvalue weighted by molar-refractivity contribution is 0.0993. The molecule has 0 N–H and O–H groups in total. The predicted octanol–water partition coefficient (Wildman–Crippen LogP) is 3.10. The molecule has 0 amide bonds. The Hall–Kier alpha value is -1.62. The second-order valence-corrected chi connectivity index (χ2v) is 6.41. The summed E-state index contributed by atoms with van der Waals surface area (Å²) < 4.78 is 1.82. The van der Waals surface area contributed by atoms with Crippen LogP contribution in [0.1, 0.15) is 34.0 Å². The predicted molar refractivity (Wildman–Crippen MR) is 81.3 cm³/mol. The van der Waals surface area contributed by atoms with Gasteiger partial charge in [0.2, 0.25) is 0 Å². The summed E-state index contributed by atoms with van der Waals surface area (Å²) in [4.78, 5) is 12.6. The summed E-state index contributed by atoms with van der Waals surface area (Å²) in [5.41, 5.74) is 4.20. The Morgan fingerprint density at radius 1 is 1.20 bits per heavy atom. The van der Waals surface area contributed by atoms with Gasteiger partial charge in [0.05, 0.1) is 5.25 Å². The van der Waals surface area contributed by atoms with Crippen molar-refractivity contribution in [1.29, 1.82) is 0 Å². The Labute approximate surface area is 123 Å². The number of carbonyl (C=O) groups excluding carboxylic acids is 1. The van der Waals surface area contributed by atoms with Crippen LogP contribution >= 0.6 is 11.8 Å². The second kappa shape index (κ2) is 5.79. The molecule has 0 bridgehead atoms. The van der Waals surface area contributed by atoms with Crippen molar-refractivity contribution in [2.24, 2.45) is 7.05 Å². The van der Waals surface area contributed by atoms with Crippen molar-refractivity contribution in [3.8, 4) is 0 Å². The first-order chi connectivity index (χ1) is 9.40. The number of rotatable bonds is 4. The van der Waals surface area contributed by atoms with Gasteiger partial charge in [-0.25, -0.2) is 0 Å². The van der Waals surface area contributed by atoms with E-state index in [0.29, 0.717) is 0 Å². The van der Waals surface area contributed by atoms with Crippen LogP contribution in [0.25, 0.3) is 0 Å². The zero-order valence-electron chi connectivity index (χ0n) is 12.5. The van der Waals surface area contributed by atoms with Crippen molar-refractivity contribution in [1.82, 2.24) is 14.8 Å². The quantitative estimate of drug-likeness (QED) is 0.641. The van der Waals surface area contributed by atoms with Crippen LogP contribution in [0.2, 0.25) is 0 Å².